The number of hydrogen-bond donors (Lipinski definition) is 1. The van der Waals surface area contributed by atoms with Gasteiger partial charge in [0.05, 0.1) is 42.3 Å². The van der Waals surface area contributed by atoms with E-state index in [-0.39, 0.29) is 23.6 Å². The van der Waals surface area contributed by atoms with Crippen LogP contribution in [-0.2, 0) is 16.0 Å². The first kappa shape index (κ1) is 26.3. The highest BCUT2D eigenvalue weighted by Gasteiger charge is 2.28. The molecule has 0 radical (unpaired) electrons. The number of para-hydroxylation sites is 1. The van der Waals surface area contributed by atoms with Crippen molar-refractivity contribution in [1.82, 2.24) is 19.4 Å². The van der Waals surface area contributed by atoms with Crippen LogP contribution in [0.5, 0.6) is 0 Å². The molecule has 37 heavy (non-hydrogen) atoms. The van der Waals surface area contributed by atoms with Crippen molar-refractivity contribution in [3.05, 3.63) is 70.3 Å². The predicted octanol–water partition coefficient (Wildman–Crippen LogP) is 3.13. The van der Waals surface area contributed by atoms with Crippen LogP contribution in [0.25, 0.3) is 10.9 Å². The Labute approximate surface area is 215 Å². The minimum atomic E-state index is -0.390. The lowest BCUT2D eigenvalue weighted by Crippen LogP contribution is -2.51. The van der Waals surface area contributed by atoms with Gasteiger partial charge in [0.2, 0.25) is 0 Å². The Balaban J connectivity index is 1.41. The number of nitrogens with zero attached hydrogens (tertiary/aromatic N) is 4. The summed E-state index contributed by atoms with van der Waals surface area (Å²) in [6.07, 6.45) is 0. The van der Waals surface area contributed by atoms with Crippen LogP contribution in [0.4, 0.5) is 10.5 Å². The molecular formula is C27H33N5O5. The van der Waals surface area contributed by atoms with Gasteiger partial charge in [0.25, 0.3) is 5.56 Å². The van der Waals surface area contributed by atoms with Crippen LogP contribution in [0.15, 0.2) is 53.3 Å². The summed E-state index contributed by atoms with van der Waals surface area (Å²) >= 11 is 0. The number of rotatable bonds is 8. The fourth-order valence-electron chi connectivity index (χ4n) is 4.49. The van der Waals surface area contributed by atoms with Crippen LogP contribution in [0, 0.1) is 0 Å². The van der Waals surface area contributed by atoms with E-state index < -0.39 is 0 Å². The molecule has 2 amide bonds. The van der Waals surface area contributed by atoms with Crippen molar-refractivity contribution >= 4 is 28.6 Å². The Hall–Kier alpha value is -3.76. The predicted molar refractivity (Wildman–Crippen MR) is 141 cm³/mol. The number of urea groups is 1. The number of fused-ring (bicyclic) bond motifs is 1. The quantitative estimate of drug-likeness (QED) is 0.467. The maximum Gasteiger partial charge on any atom is 0.338 e. The molecule has 1 fully saturated rings. The third-order valence-corrected chi connectivity index (χ3v) is 6.58. The van der Waals surface area contributed by atoms with E-state index in [4.69, 9.17) is 14.5 Å². The van der Waals surface area contributed by atoms with Gasteiger partial charge in [0, 0.05) is 39.0 Å². The van der Waals surface area contributed by atoms with Crippen molar-refractivity contribution < 1.29 is 19.1 Å². The van der Waals surface area contributed by atoms with E-state index in [0.717, 1.165) is 0 Å². The molecule has 1 N–H and O–H groups in total. The SMILES string of the molecule is CCOC(=O)c1ccc(NC(=O)N2CCN(C(C)c3nc4ccccc4c(=O)n3CCOC)CC2)cc1. The summed E-state index contributed by atoms with van der Waals surface area (Å²) < 4.78 is 11.9. The van der Waals surface area contributed by atoms with Gasteiger partial charge in [0.15, 0.2) is 0 Å². The number of amides is 2. The Bertz CT molecular complexity index is 1300. The number of nitrogens with one attached hydrogen (secondary N) is 1. The first-order valence-electron chi connectivity index (χ1n) is 12.5. The molecule has 10 heteroatoms. The Morgan fingerprint density at radius 1 is 1.05 bits per heavy atom. The molecule has 1 aliphatic rings. The number of piperazine rings is 1. The molecule has 0 bridgehead atoms. The topological polar surface area (TPSA) is 106 Å². The number of aromatic nitrogens is 2. The summed E-state index contributed by atoms with van der Waals surface area (Å²) in [6.45, 7) is 7.29. The lowest BCUT2D eigenvalue weighted by atomic mass is 10.1. The van der Waals surface area contributed by atoms with Crippen molar-refractivity contribution in [1.29, 1.82) is 0 Å². The maximum atomic E-state index is 13.2. The number of methoxy groups -OCH3 is 1. The summed E-state index contributed by atoms with van der Waals surface area (Å²) in [4.78, 5) is 46.7. The van der Waals surface area contributed by atoms with Gasteiger partial charge in [-0.15, -0.1) is 0 Å². The zero-order valence-corrected chi connectivity index (χ0v) is 21.5. The Morgan fingerprint density at radius 2 is 1.76 bits per heavy atom. The van der Waals surface area contributed by atoms with E-state index in [0.29, 0.717) is 73.9 Å². The van der Waals surface area contributed by atoms with E-state index in [2.05, 4.69) is 10.2 Å². The smallest absolute Gasteiger partial charge is 0.338 e. The third-order valence-electron chi connectivity index (χ3n) is 6.58. The number of esters is 1. The van der Waals surface area contributed by atoms with Gasteiger partial charge < -0.3 is 19.7 Å². The van der Waals surface area contributed by atoms with Gasteiger partial charge in [-0.25, -0.2) is 14.6 Å². The number of anilines is 1. The normalized spacial score (nSPS) is 14.9. The molecule has 2 aromatic carbocycles. The second-order valence-corrected chi connectivity index (χ2v) is 8.86. The van der Waals surface area contributed by atoms with Crippen molar-refractivity contribution in [2.75, 3.05) is 51.8 Å². The number of carbonyl (C=O) groups is 2. The molecule has 1 aliphatic heterocycles. The summed E-state index contributed by atoms with van der Waals surface area (Å²) in [5, 5.41) is 3.48. The highest BCUT2D eigenvalue weighted by molar-refractivity contribution is 5.92. The molecule has 0 spiro atoms. The molecule has 4 rings (SSSR count). The van der Waals surface area contributed by atoms with Crippen molar-refractivity contribution in [3.8, 4) is 0 Å². The minimum absolute atomic E-state index is 0.0727. The van der Waals surface area contributed by atoms with Crippen LogP contribution in [0.1, 0.15) is 36.1 Å². The lowest BCUT2D eigenvalue weighted by molar-refractivity contribution is 0.0526. The van der Waals surface area contributed by atoms with Gasteiger partial charge in [-0.3, -0.25) is 14.3 Å². The van der Waals surface area contributed by atoms with Gasteiger partial charge in [-0.05, 0) is 50.2 Å². The van der Waals surface area contributed by atoms with Crippen LogP contribution in [0.2, 0.25) is 0 Å². The van der Waals surface area contributed by atoms with Crippen LogP contribution in [0.3, 0.4) is 0 Å². The minimum Gasteiger partial charge on any atom is -0.462 e. The zero-order chi connectivity index (χ0) is 26.4. The summed E-state index contributed by atoms with van der Waals surface area (Å²) in [5.74, 6) is 0.305. The second kappa shape index (κ2) is 12.0. The van der Waals surface area contributed by atoms with E-state index in [1.165, 1.54) is 0 Å². The molecule has 3 aromatic rings. The largest absolute Gasteiger partial charge is 0.462 e. The number of ether oxygens (including phenoxy) is 2. The number of carbonyl (C=O) groups excluding carboxylic acids is 2. The van der Waals surface area contributed by atoms with E-state index >= 15 is 0 Å². The average molecular weight is 508 g/mol. The van der Waals surface area contributed by atoms with E-state index in [9.17, 15) is 14.4 Å². The van der Waals surface area contributed by atoms with Crippen LogP contribution < -0.4 is 10.9 Å². The molecule has 0 aliphatic carbocycles. The Kier molecular flexibility index (Phi) is 8.52. The lowest BCUT2D eigenvalue weighted by Gasteiger charge is -2.38. The van der Waals surface area contributed by atoms with Gasteiger partial charge in [-0.1, -0.05) is 12.1 Å². The summed E-state index contributed by atoms with van der Waals surface area (Å²) in [7, 11) is 1.61. The Morgan fingerprint density at radius 3 is 2.43 bits per heavy atom. The number of benzene rings is 2. The first-order chi connectivity index (χ1) is 17.9. The molecule has 10 nitrogen and oxygen atoms in total. The van der Waals surface area contributed by atoms with Gasteiger partial charge in [0.1, 0.15) is 5.82 Å². The van der Waals surface area contributed by atoms with Gasteiger partial charge >= 0.3 is 12.0 Å². The van der Waals surface area contributed by atoms with Crippen molar-refractivity contribution in [2.45, 2.75) is 26.4 Å². The zero-order valence-electron chi connectivity index (χ0n) is 21.5. The van der Waals surface area contributed by atoms with E-state index in [1.54, 1.807) is 53.8 Å². The molecule has 1 atom stereocenters. The summed E-state index contributed by atoms with van der Waals surface area (Å²) in [6, 6.07) is 13.7. The fourth-order valence-corrected chi connectivity index (χ4v) is 4.49. The molecule has 0 saturated carbocycles. The monoisotopic (exact) mass is 507 g/mol. The standard InChI is InChI=1S/C27H33N5O5/c1-4-37-26(34)20-9-11-21(12-10-20)28-27(35)31-15-13-30(14-16-31)19(2)24-29-23-8-6-5-7-22(23)25(33)32(24)17-18-36-3/h5-12,19H,4,13-18H2,1-3H3,(H,28,35). The molecule has 1 aromatic heterocycles. The molecule has 196 valence electrons. The van der Waals surface area contributed by atoms with Crippen LogP contribution in [-0.4, -0.2) is 77.9 Å². The highest BCUT2D eigenvalue weighted by atomic mass is 16.5. The van der Waals surface area contributed by atoms with E-state index in [1.807, 2.05) is 25.1 Å². The number of hydrogen-bond acceptors (Lipinski definition) is 7. The molecule has 1 saturated heterocycles. The van der Waals surface area contributed by atoms with Crippen molar-refractivity contribution in [3.63, 3.8) is 0 Å². The summed E-state index contributed by atoms with van der Waals surface area (Å²) in [5.41, 5.74) is 1.65. The highest BCUT2D eigenvalue weighted by Crippen LogP contribution is 2.22. The van der Waals surface area contributed by atoms with Gasteiger partial charge in [-0.2, -0.15) is 0 Å². The van der Waals surface area contributed by atoms with Crippen LogP contribution >= 0.6 is 0 Å². The fraction of sp³-hybridized carbons (Fsp3) is 0.407. The third kappa shape index (κ3) is 5.98. The second-order valence-electron chi connectivity index (χ2n) is 8.86. The molecule has 1 unspecified atom stereocenters. The average Bonchev–Trinajstić information content (AvgIpc) is 2.92. The molecular weight excluding hydrogens is 474 g/mol. The van der Waals surface area contributed by atoms with Crippen molar-refractivity contribution in [2.24, 2.45) is 0 Å². The first-order valence-corrected chi connectivity index (χ1v) is 12.5. The molecule has 2 heterocycles. The maximum absolute atomic E-state index is 13.2.